The van der Waals surface area contributed by atoms with Crippen LogP contribution in [0.5, 0.6) is 5.75 Å². The summed E-state index contributed by atoms with van der Waals surface area (Å²) in [4.78, 5) is 29.3. The van der Waals surface area contributed by atoms with Crippen LogP contribution in [-0.2, 0) is 21.2 Å². The summed E-state index contributed by atoms with van der Waals surface area (Å²) >= 11 is 0. The molecule has 12 heteroatoms. The second kappa shape index (κ2) is 13.2. The molecule has 0 bridgehead atoms. The number of hydrogen-bond donors (Lipinski definition) is 3. The summed E-state index contributed by atoms with van der Waals surface area (Å²) < 4.78 is 48.0. The maximum Gasteiger partial charge on any atom is 0.321 e. The Morgan fingerprint density at radius 2 is 1.81 bits per heavy atom. The highest BCUT2D eigenvalue weighted by Gasteiger charge is 2.32. The fourth-order valence-corrected chi connectivity index (χ4v) is 5.68. The van der Waals surface area contributed by atoms with E-state index >= 15 is 0 Å². The molecule has 3 aromatic rings. The number of aliphatic hydroxyl groups excluding tert-OH is 1. The Morgan fingerprint density at radius 3 is 2.48 bits per heavy atom. The van der Waals surface area contributed by atoms with Gasteiger partial charge in [0.1, 0.15) is 17.7 Å². The molecule has 10 nitrogen and oxygen atoms in total. The van der Waals surface area contributed by atoms with Crippen molar-refractivity contribution in [3.63, 3.8) is 0 Å². The van der Waals surface area contributed by atoms with Gasteiger partial charge in [0.2, 0.25) is 5.91 Å². The van der Waals surface area contributed by atoms with Crippen LogP contribution in [0.4, 0.5) is 20.6 Å². The van der Waals surface area contributed by atoms with E-state index in [-0.39, 0.29) is 54.6 Å². The first-order valence-corrected chi connectivity index (χ1v) is 15.0. The van der Waals surface area contributed by atoms with E-state index in [2.05, 4.69) is 10.0 Å². The topological polar surface area (TPSA) is 128 Å². The predicted molar refractivity (Wildman–Crippen MR) is 157 cm³/mol. The number of halogens is 1. The van der Waals surface area contributed by atoms with E-state index in [1.807, 2.05) is 25.1 Å². The van der Waals surface area contributed by atoms with Gasteiger partial charge in [0, 0.05) is 36.4 Å². The summed E-state index contributed by atoms with van der Waals surface area (Å²) in [6, 6.07) is 17.3. The van der Waals surface area contributed by atoms with Crippen LogP contribution in [0.1, 0.15) is 19.4 Å². The molecule has 0 radical (unpaired) electrons. The van der Waals surface area contributed by atoms with Crippen LogP contribution < -0.4 is 14.8 Å². The first kappa shape index (κ1) is 30.8. The second-order valence-corrected chi connectivity index (χ2v) is 12.1. The van der Waals surface area contributed by atoms with Crippen molar-refractivity contribution in [3.8, 4) is 5.75 Å². The van der Waals surface area contributed by atoms with E-state index in [1.54, 1.807) is 37.1 Å². The van der Waals surface area contributed by atoms with Crippen molar-refractivity contribution in [1.29, 1.82) is 0 Å². The summed E-state index contributed by atoms with van der Waals surface area (Å²) in [5, 5.41) is 12.7. The quantitative estimate of drug-likeness (QED) is 0.361. The van der Waals surface area contributed by atoms with E-state index in [0.29, 0.717) is 17.0 Å². The number of likely N-dealkylation sites (N-methyl/N-ethyl adjacent to an activating group) is 1. The molecule has 1 aliphatic rings. The lowest BCUT2D eigenvalue weighted by Crippen LogP contribution is -2.48. The predicted octanol–water partition coefficient (Wildman–Crippen LogP) is 3.94. The molecule has 0 saturated heterocycles. The van der Waals surface area contributed by atoms with Gasteiger partial charge in [-0.05, 0) is 61.5 Å². The number of carbonyl (C=O) groups excluding carboxylic acids is 2. The smallest absolute Gasteiger partial charge is 0.321 e. The number of benzene rings is 3. The number of rotatable bonds is 8. The molecule has 0 aliphatic carbocycles. The van der Waals surface area contributed by atoms with E-state index in [0.717, 1.165) is 24.3 Å². The zero-order valence-electron chi connectivity index (χ0n) is 23.7. The van der Waals surface area contributed by atoms with Crippen LogP contribution in [0, 0.1) is 11.7 Å². The molecule has 0 spiro atoms. The highest BCUT2D eigenvalue weighted by molar-refractivity contribution is 7.92. The zero-order valence-corrected chi connectivity index (χ0v) is 24.5. The van der Waals surface area contributed by atoms with Crippen LogP contribution in [0.2, 0.25) is 0 Å². The molecule has 0 unspecified atom stereocenters. The van der Waals surface area contributed by atoms with Gasteiger partial charge in [-0.15, -0.1) is 0 Å². The third-order valence-electron chi connectivity index (χ3n) is 7.12. The molecule has 3 N–H and O–H groups in total. The van der Waals surface area contributed by atoms with Gasteiger partial charge in [0.15, 0.2) is 0 Å². The number of fused-ring (bicyclic) bond motifs is 1. The van der Waals surface area contributed by atoms with Crippen molar-refractivity contribution < 1.29 is 32.2 Å². The summed E-state index contributed by atoms with van der Waals surface area (Å²) in [6.45, 7) is 3.87. The number of urea groups is 1. The van der Waals surface area contributed by atoms with Gasteiger partial charge in [-0.3, -0.25) is 9.52 Å². The maximum atomic E-state index is 13.4. The van der Waals surface area contributed by atoms with Crippen LogP contribution in [0.25, 0.3) is 0 Å². The second-order valence-electron chi connectivity index (χ2n) is 10.4. The maximum absolute atomic E-state index is 13.4. The summed E-state index contributed by atoms with van der Waals surface area (Å²) in [6.07, 6.45) is -0.647. The fourth-order valence-electron chi connectivity index (χ4n) is 4.63. The third kappa shape index (κ3) is 7.56. The number of anilines is 2. The number of nitrogens with zero attached hydrogens (tertiary/aromatic N) is 2. The summed E-state index contributed by atoms with van der Waals surface area (Å²) in [7, 11) is -2.38. The molecule has 42 heavy (non-hydrogen) atoms. The average molecular weight is 599 g/mol. The summed E-state index contributed by atoms with van der Waals surface area (Å²) in [5.74, 6) is -0.684. The van der Waals surface area contributed by atoms with Crippen molar-refractivity contribution >= 4 is 33.3 Å². The number of hydrogen-bond acceptors (Lipinski definition) is 6. The van der Waals surface area contributed by atoms with Gasteiger partial charge in [-0.25, -0.2) is 17.6 Å². The molecule has 0 aromatic heterocycles. The van der Waals surface area contributed by atoms with Crippen molar-refractivity contribution in [1.82, 2.24) is 9.80 Å². The Bertz CT molecular complexity index is 1500. The Labute approximate surface area is 245 Å². The molecule has 0 saturated carbocycles. The number of sulfonamides is 1. The number of aliphatic hydroxyl groups is 1. The SMILES string of the molecule is C[C@@H]1CN([C@H](C)CO)C(=O)Cc2cc(NS(=O)(=O)c3ccc(F)cc3)ccc2O[C@@H]1CN(C)C(=O)Nc1ccccc1. The van der Waals surface area contributed by atoms with Crippen LogP contribution in [0.3, 0.4) is 0 Å². The van der Waals surface area contributed by atoms with Crippen molar-refractivity contribution in [3.05, 3.63) is 84.2 Å². The highest BCUT2D eigenvalue weighted by atomic mass is 32.2. The Kier molecular flexibility index (Phi) is 9.69. The molecule has 3 amide bonds. The lowest BCUT2D eigenvalue weighted by atomic mass is 10.0. The molecular weight excluding hydrogens is 563 g/mol. The number of amides is 3. The molecular formula is C30H35FN4O6S. The van der Waals surface area contributed by atoms with Crippen LogP contribution in [-0.4, -0.2) is 74.2 Å². The van der Waals surface area contributed by atoms with Crippen LogP contribution >= 0.6 is 0 Å². The molecule has 3 atom stereocenters. The zero-order chi connectivity index (χ0) is 30.4. The number of para-hydroxylation sites is 1. The van der Waals surface area contributed by atoms with Crippen molar-refractivity contribution in [2.45, 2.75) is 37.3 Å². The van der Waals surface area contributed by atoms with Gasteiger partial charge in [-0.2, -0.15) is 0 Å². The van der Waals surface area contributed by atoms with Crippen molar-refractivity contribution in [2.75, 3.05) is 36.8 Å². The Morgan fingerprint density at radius 1 is 1.12 bits per heavy atom. The molecule has 1 heterocycles. The molecule has 4 rings (SSSR count). The Balaban J connectivity index is 1.62. The minimum atomic E-state index is -4.03. The van der Waals surface area contributed by atoms with Gasteiger partial charge in [-0.1, -0.05) is 25.1 Å². The first-order valence-electron chi connectivity index (χ1n) is 13.5. The molecule has 224 valence electrons. The molecule has 1 aliphatic heterocycles. The minimum Gasteiger partial charge on any atom is -0.488 e. The first-order chi connectivity index (χ1) is 20.0. The lowest BCUT2D eigenvalue weighted by molar-refractivity contribution is -0.134. The van der Waals surface area contributed by atoms with E-state index in [9.17, 15) is 27.5 Å². The largest absolute Gasteiger partial charge is 0.488 e. The molecule has 0 fully saturated rings. The normalized spacial score (nSPS) is 18.0. The highest BCUT2D eigenvalue weighted by Crippen LogP contribution is 2.30. The molecule has 3 aromatic carbocycles. The average Bonchev–Trinajstić information content (AvgIpc) is 3.00. The van der Waals surface area contributed by atoms with E-state index in [1.165, 1.54) is 17.0 Å². The lowest BCUT2D eigenvalue weighted by Gasteiger charge is -2.34. The van der Waals surface area contributed by atoms with Gasteiger partial charge in [0.25, 0.3) is 10.0 Å². The van der Waals surface area contributed by atoms with Crippen molar-refractivity contribution in [2.24, 2.45) is 5.92 Å². The van der Waals surface area contributed by atoms with Gasteiger partial charge >= 0.3 is 6.03 Å². The number of carbonyl (C=O) groups is 2. The summed E-state index contributed by atoms with van der Waals surface area (Å²) in [5.41, 5.74) is 1.27. The van der Waals surface area contributed by atoms with Gasteiger partial charge in [0.05, 0.1) is 30.5 Å². The third-order valence-corrected chi connectivity index (χ3v) is 8.52. The number of ether oxygens (including phenoxy) is 1. The number of nitrogens with one attached hydrogen (secondary N) is 2. The Hall–Kier alpha value is -4.16. The standard InChI is InChI=1S/C30H35FN4O6S/c1-20-17-35(21(2)19-36)29(37)16-22-15-25(33-42(39,40)26-12-9-23(31)10-13-26)11-14-27(22)41-28(20)18-34(3)30(38)32-24-7-5-4-6-8-24/h4-15,20-21,28,33,36H,16-19H2,1-3H3,(H,32,38)/t20-,21-,28-/m1/s1. The monoisotopic (exact) mass is 598 g/mol. The van der Waals surface area contributed by atoms with E-state index in [4.69, 9.17) is 4.74 Å². The van der Waals surface area contributed by atoms with E-state index < -0.39 is 28.0 Å². The van der Waals surface area contributed by atoms with Crippen LogP contribution in [0.15, 0.2) is 77.7 Å². The minimum absolute atomic E-state index is 0.102. The fraction of sp³-hybridized carbons (Fsp3) is 0.333. The van der Waals surface area contributed by atoms with Gasteiger partial charge < -0.3 is 25.0 Å².